The van der Waals surface area contributed by atoms with Crippen molar-refractivity contribution in [3.05, 3.63) is 35.8 Å². The second kappa shape index (κ2) is 9.82. The minimum atomic E-state index is -0.670. The van der Waals surface area contributed by atoms with E-state index in [0.717, 1.165) is 31.8 Å². The first-order valence-corrected chi connectivity index (χ1v) is 11.8. The molecule has 0 saturated carbocycles. The van der Waals surface area contributed by atoms with Gasteiger partial charge in [0.15, 0.2) is 5.82 Å². The van der Waals surface area contributed by atoms with Gasteiger partial charge in [-0.05, 0) is 50.7 Å². The first-order chi connectivity index (χ1) is 15.9. The number of anilines is 1. The van der Waals surface area contributed by atoms with E-state index in [4.69, 9.17) is 9.26 Å². The fourth-order valence-electron chi connectivity index (χ4n) is 3.78. The number of hydrogen-bond donors (Lipinski definition) is 0. The number of rotatable bonds is 8. The largest absolute Gasteiger partial charge is 0.466 e. The lowest BCUT2D eigenvalue weighted by Gasteiger charge is -2.33. The fourth-order valence-corrected chi connectivity index (χ4v) is 4.59. The van der Waals surface area contributed by atoms with Gasteiger partial charge in [0.2, 0.25) is 10.9 Å². The van der Waals surface area contributed by atoms with E-state index in [1.807, 2.05) is 13.8 Å². The lowest BCUT2D eigenvalue weighted by atomic mass is 9.92. The Balaban J connectivity index is 1.37. The summed E-state index contributed by atoms with van der Waals surface area (Å²) >= 11 is 1.33. The van der Waals surface area contributed by atoms with Crippen molar-refractivity contribution in [3.63, 3.8) is 0 Å². The van der Waals surface area contributed by atoms with Gasteiger partial charge in [0.25, 0.3) is 5.19 Å². The number of aromatic nitrogens is 5. The fraction of sp³-hybridized carbons (Fsp3) is 0.500. The second-order valence-corrected chi connectivity index (χ2v) is 9.24. The van der Waals surface area contributed by atoms with E-state index in [1.165, 1.54) is 11.3 Å². The van der Waals surface area contributed by atoms with Crippen molar-refractivity contribution in [2.24, 2.45) is 10.9 Å². The SMILES string of the molecule is C=N/C(F)=C(\C=C/C)c1cn2nc(O[C@H](C)C3CCN(c4nc(C(C)C)no4)CC3)sc2n1. The number of piperidine rings is 1. The van der Waals surface area contributed by atoms with Gasteiger partial charge in [-0.2, -0.15) is 9.37 Å². The molecule has 0 aliphatic carbocycles. The van der Waals surface area contributed by atoms with Crippen LogP contribution < -0.4 is 9.64 Å². The molecular weight excluding hydrogens is 445 g/mol. The number of allylic oxidation sites excluding steroid dienone is 3. The van der Waals surface area contributed by atoms with Crippen molar-refractivity contribution in [2.75, 3.05) is 18.0 Å². The third-order valence-electron chi connectivity index (χ3n) is 5.70. The lowest BCUT2D eigenvalue weighted by molar-refractivity contribution is 0.130. The van der Waals surface area contributed by atoms with E-state index in [0.29, 0.717) is 27.8 Å². The van der Waals surface area contributed by atoms with Gasteiger partial charge < -0.3 is 14.2 Å². The number of nitrogens with zero attached hydrogens (tertiary/aromatic N) is 7. The van der Waals surface area contributed by atoms with Crippen molar-refractivity contribution >= 4 is 34.6 Å². The van der Waals surface area contributed by atoms with E-state index in [1.54, 1.807) is 29.8 Å². The minimum absolute atomic E-state index is 0.00252. The zero-order valence-electron chi connectivity index (χ0n) is 19.2. The summed E-state index contributed by atoms with van der Waals surface area (Å²) in [5, 5.41) is 9.06. The Morgan fingerprint density at radius 1 is 1.33 bits per heavy atom. The second-order valence-electron chi connectivity index (χ2n) is 8.32. The van der Waals surface area contributed by atoms with Crippen molar-refractivity contribution in [3.8, 4) is 5.19 Å². The standard InChI is InChI=1S/C22H28FN7O2S/c1-6-7-16(18(23)24-5)17-12-30-21(25-17)33-22(27-30)31-14(4)15-8-10-29(11-9-15)20-26-19(13(2)3)28-32-20/h6-7,12-15H,5,8-11H2,1-4H3/b7-6-,18-16+/t14-/m1/s1. The summed E-state index contributed by atoms with van der Waals surface area (Å²) in [5.74, 6) is 0.693. The van der Waals surface area contributed by atoms with Gasteiger partial charge >= 0.3 is 6.01 Å². The highest BCUT2D eigenvalue weighted by molar-refractivity contribution is 7.18. The van der Waals surface area contributed by atoms with Gasteiger partial charge in [-0.25, -0.2) is 14.5 Å². The Bertz CT molecular complexity index is 1140. The summed E-state index contributed by atoms with van der Waals surface area (Å²) in [5.41, 5.74) is 0.722. The Morgan fingerprint density at radius 2 is 2.09 bits per heavy atom. The summed E-state index contributed by atoms with van der Waals surface area (Å²) in [7, 11) is 0. The molecule has 1 aliphatic rings. The van der Waals surface area contributed by atoms with Crippen LogP contribution in [0.5, 0.6) is 5.19 Å². The summed E-state index contributed by atoms with van der Waals surface area (Å²) in [6, 6.07) is 0.595. The van der Waals surface area contributed by atoms with E-state index in [-0.39, 0.29) is 17.6 Å². The van der Waals surface area contributed by atoms with E-state index >= 15 is 0 Å². The molecular formula is C22H28FN7O2S. The predicted molar refractivity (Wildman–Crippen MR) is 127 cm³/mol. The topological polar surface area (TPSA) is 93.9 Å². The molecule has 3 aromatic rings. The van der Waals surface area contributed by atoms with Gasteiger partial charge in [-0.15, -0.1) is 5.10 Å². The van der Waals surface area contributed by atoms with E-state index < -0.39 is 5.95 Å². The van der Waals surface area contributed by atoms with Crippen molar-refractivity contribution in [1.82, 2.24) is 24.7 Å². The summed E-state index contributed by atoms with van der Waals surface area (Å²) in [4.78, 5) is 15.1. The van der Waals surface area contributed by atoms with Gasteiger partial charge in [0.1, 0.15) is 6.10 Å². The van der Waals surface area contributed by atoms with Crippen LogP contribution in [0.4, 0.5) is 10.4 Å². The van der Waals surface area contributed by atoms with Crippen LogP contribution in [0.3, 0.4) is 0 Å². The molecule has 1 saturated heterocycles. The number of ether oxygens (including phenoxy) is 1. The molecule has 1 aliphatic heterocycles. The van der Waals surface area contributed by atoms with Gasteiger partial charge in [-0.1, -0.05) is 31.2 Å². The monoisotopic (exact) mass is 473 g/mol. The van der Waals surface area contributed by atoms with Gasteiger partial charge in [0.05, 0.1) is 17.5 Å². The Labute approximate surface area is 195 Å². The Morgan fingerprint density at radius 3 is 2.70 bits per heavy atom. The molecule has 0 unspecified atom stereocenters. The first kappa shape index (κ1) is 23.1. The number of imidazole rings is 1. The van der Waals surface area contributed by atoms with Crippen LogP contribution in [0.25, 0.3) is 10.5 Å². The van der Waals surface area contributed by atoms with Crippen molar-refractivity contribution < 1.29 is 13.7 Å². The third-order valence-corrected chi connectivity index (χ3v) is 6.52. The molecule has 33 heavy (non-hydrogen) atoms. The third kappa shape index (κ3) is 4.97. The molecule has 0 aromatic carbocycles. The summed E-state index contributed by atoms with van der Waals surface area (Å²) < 4.78 is 27.2. The average Bonchev–Trinajstić information content (AvgIpc) is 3.52. The number of aliphatic imine (C=N–C) groups is 1. The molecule has 0 radical (unpaired) electrons. The van der Waals surface area contributed by atoms with Crippen LogP contribution in [0, 0.1) is 5.92 Å². The van der Waals surface area contributed by atoms with Crippen LogP contribution >= 0.6 is 11.3 Å². The molecule has 1 atom stereocenters. The molecule has 3 aromatic heterocycles. The maximum absolute atomic E-state index is 14.0. The quantitative estimate of drug-likeness (QED) is 0.261. The Kier molecular flexibility index (Phi) is 6.87. The molecule has 0 spiro atoms. The van der Waals surface area contributed by atoms with E-state index in [9.17, 15) is 4.39 Å². The maximum atomic E-state index is 14.0. The van der Waals surface area contributed by atoms with Crippen molar-refractivity contribution in [1.29, 1.82) is 0 Å². The number of hydrogen-bond acceptors (Lipinski definition) is 9. The average molecular weight is 474 g/mol. The van der Waals surface area contributed by atoms with Crippen molar-refractivity contribution in [2.45, 2.75) is 52.6 Å². The van der Waals surface area contributed by atoms with Gasteiger partial charge in [-0.3, -0.25) is 0 Å². The highest BCUT2D eigenvalue weighted by Gasteiger charge is 2.28. The van der Waals surface area contributed by atoms with Crippen LogP contribution in [0.1, 0.15) is 58.0 Å². The van der Waals surface area contributed by atoms with E-state index in [2.05, 4.69) is 43.8 Å². The zero-order chi connectivity index (χ0) is 23.5. The molecule has 0 bridgehead atoms. The lowest BCUT2D eigenvalue weighted by Crippen LogP contribution is -2.38. The minimum Gasteiger partial charge on any atom is -0.466 e. The summed E-state index contributed by atoms with van der Waals surface area (Å²) in [6.45, 7) is 12.9. The predicted octanol–water partition coefficient (Wildman–Crippen LogP) is 4.90. The van der Waals surface area contributed by atoms with Crippen LogP contribution in [-0.4, -0.2) is 50.6 Å². The molecule has 9 nitrogen and oxygen atoms in total. The summed E-state index contributed by atoms with van der Waals surface area (Å²) in [6.07, 6.45) is 6.91. The smallest absolute Gasteiger partial charge is 0.324 e. The highest BCUT2D eigenvalue weighted by atomic mass is 32.1. The highest BCUT2D eigenvalue weighted by Crippen LogP contribution is 2.30. The van der Waals surface area contributed by atoms with Crippen LogP contribution in [0.15, 0.2) is 33.8 Å². The molecule has 4 heterocycles. The van der Waals surface area contributed by atoms with Crippen LogP contribution in [-0.2, 0) is 0 Å². The number of fused-ring (bicyclic) bond motifs is 1. The first-order valence-electron chi connectivity index (χ1n) is 11.0. The zero-order valence-corrected chi connectivity index (χ0v) is 20.0. The van der Waals surface area contributed by atoms with Gasteiger partial charge in [0, 0.05) is 19.0 Å². The molecule has 4 rings (SSSR count). The molecule has 176 valence electrons. The van der Waals surface area contributed by atoms with Crippen LogP contribution in [0.2, 0.25) is 0 Å². The molecule has 11 heteroatoms. The molecule has 1 fully saturated rings. The molecule has 0 N–H and O–H groups in total. The Hall–Kier alpha value is -3.08. The normalized spacial score (nSPS) is 17.2. The maximum Gasteiger partial charge on any atom is 0.324 e. The molecule has 0 amide bonds. The number of halogens is 1.